The molecule has 0 spiro atoms. The van der Waals surface area contributed by atoms with Crippen LogP contribution in [0.4, 0.5) is 11.5 Å². The van der Waals surface area contributed by atoms with E-state index >= 15 is 0 Å². The molecule has 0 radical (unpaired) electrons. The van der Waals surface area contributed by atoms with E-state index in [0.29, 0.717) is 22.1 Å². The van der Waals surface area contributed by atoms with Crippen molar-refractivity contribution in [1.82, 2.24) is 4.98 Å². The number of aryl methyl sites for hydroxylation is 1. The first-order valence-corrected chi connectivity index (χ1v) is 7.76. The van der Waals surface area contributed by atoms with E-state index in [0.717, 1.165) is 18.4 Å². The fourth-order valence-electron chi connectivity index (χ4n) is 2.16. The smallest absolute Gasteiger partial charge is 0.258 e. The number of nitrogens with one attached hydrogen (secondary N) is 2. The van der Waals surface area contributed by atoms with Crippen molar-refractivity contribution in [2.24, 2.45) is 5.92 Å². The number of carbonyl (C=O) groups excluding carboxylic acids is 2. The highest BCUT2D eigenvalue weighted by Gasteiger charge is 2.29. The molecule has 1 aliphatic carbocycles. The maximum absolute atomic E-state index is 12.2. The molecular weight excluding hydrogens is 314 g/mol. The van der Waals surface area contributed by atoms with Crippen LogP contribution in [0.15, 0.2) is 36.5 Å². The number of nitrogens with zero attached hydrogens (tertiary/aromatic N) is 1. The summed E-state index contributed by atoms with van der Waals surface area (Å²) >= 11 is 6.01. The molecule has 23 heavy (non-hydrogen) atoms. The van der Waals surface area contributed by atoms with Gasteiger partial charge in [-0.1, -0.05) is 23.7 Å². The second-order valence-corrected chi connectivity index (χ2v) is 5.99. The highest BCUT2D eigenvalue weighted by atomic mass is 35.5. The number of carbonyl (C=O) groups is 2. The standard InChI is InChI=1S/C17H16ClN3O2/c1-10-8-15(19-9-14(10)20-16(22)11-6-7-11)21-17(23)12-4-2-3-5-13(12)18/h2-5,8-9,11H,6-7H2,1H3,(H,20,22)(H,19,21,23). The molecule has 2 aromatic rings. The summed E-state index contributed by atoms with van der Waals surface area (Å²) in [4.78, 5) is 28.2. The van der Waals surface area contributed by atoms with Crippen molar-refractivity contribution in [3.63, 3.8) is 0 Å². The van der Waals surface area contributed by atoms with Gasteiger partial charge >= 0.3 is 0 Å². The molecule has 0 unspecified atom stereocenters. The maximum atomic E-state index is 12.2. The molecule has 2 amide bonds. The Kier molecular flexibility index (Phi) is 4.30. The van der Waals surface area contributed by atoms with Crippen molar-refractivity contribution < 1.29 is 9.59 Å². The number of rotatable bonds is 4. The Bertz CT molecular complexity index is 772. The first-order chi connectivity index (χ1) is 11.0. The third-order valence-corrected chi connectivity index (χ3v) is 4.01. The van der Waals surface area contributed by atoms with Crippen molar-refractivity contribution in [3.8, 4) is 0 Å². The largest absolute Gasteiger partial charge is 0.324 e. The quantitative estimate of drug-likeness (QED) is 0.899. The molecule has 6 heteroatoms. The molecular formula is C17H16ClN3O2. The predicted octanol–water partition coefficient (Wildman–Crippen LogP) is 3.64. The van der Waals surface area contributed by atoms with Crippen molar-refractivity contribution in [3.05, 3.63) is 52.7 Å². The van der Waals surface area contributed by atoms with Crippen molar-refractivity contribution in [2.75, 3.05) is 10.6 Å². The van der Waals surface area contributed by atoms with E-state index in [-0.39, 0.29) is 17.7 Å². The summed E-state index contributed by atoms with van der Waals surface area (Å²) in [6.45, 7) is 1.86. The van der Waals surface area contributed by atoms with E-state index in [2.05, 4.69) is 15.6 Å². The van der Waals surface area contributed by atoms with Gasteiger partial charge in [0.15, 0.2) is 0 Å². The van der Waals surface area contributed by atoms with Crippen molar-refractivity contribution >= 4 is 34.9 Å². The van der Waals surface area contributed by atoms with E-state index in [1.807, 2.05) is 6.92 Å². The van der Waals surface area contributed by atoms with E-state index in [1.54, 1.807) is 36.5 Å². The SMILES string of the molecule is Cc1cc(NC(=O)c2ccccc2Cl)ncc1NC(=O)C1CC1. The van der Waals surface area contributed by atoms with Crippen molar-refractivity contribution in [1.29, 1.82) is 0 Å². The zero-order valence-corrected chi connectivity index (χ0v) is 13.4. The number of benzene rings is 1. The molecule has 118 valence electrons. The molecule has 1 fully saturated rings. The Labute approximate surface area is 139 Å². The Morgan fingerprint density at radius 3 is 2.61 bits per heavy atom. The summed E-state index contributed by atoms with van der Waals surface area (Å²) in [5.41, 5.74) is 1.89. The van der Waals surface area contributed by atoms with Crippen LogP contribution in [0.25, 0.3) is 0 Å². The highest BCUT2D eigenvalue weighted by molar-refractivity contribution is 6.34. The summed E-state index contributed by atoms with van der Waals surface area (Å²) in [6.07, 6.45) is 3.45. The third kappa shape index (κ3) is 3.68. The van der Waals surface area contributed by atoms with Gasteiger partial charge in [0.2, 0.25) is 5.91 Å². The summed E-state index contributed by atoms with van der Waals surface area (Å²) in [6, 6.07) is 8.53. The summed E-state index contributed by atoms with van der Waals surface area (Å²) in [5.74, 6) is 0.255. The lowest BCUT2D eigenvalue weighted by Crippen LogP contribution is -2.16. The molecule has 0 aliphatic heterocycles. The number of amides is 2. The number of halogens is 1. The lowest BCUT2D eigenvalue weighted by atomic mass is 10.2. The first-order valence-electron chi connectivity index (χ1n) is 7.38. The minimum atomic E-state index is -0.322. The minimum Gasteiger partial charge on any atom is -0.324 e. The Hall–Kier alpha value is -2.40. The Balaban J connectivity index is 1.71. The van der Waals surface area contributed by atoms with Gasteiger partial charge in [0, 0.05) is 5.92 Å². The molecule has 1 aromatic carbocycles. The normalized spacial score (nSPS) is 13.5. The number of pyridine rings is 1. The van der Waals surface area contributed by atoms with E-state index in [9.17, 15) is 9.59 Å². The van der Waals surface area contributed by atoms with Gasteiger partial charge in [-0.15, -0.1) is 0 Å². The summed E-state index contributed by atoms with van der Waals surface area (Å²) in [7, 11) is 0. The van der Waals surface area contributed by atoms with Crippen LogP contribution < -0.4 is 10.6 Å². The zero-order valence-electron chi connectivity index (χ0n) is 12.6. The molecule has 0 atom stereocenters. The first kappa shape index (κ1) is 15.5. The highest BCUT2D eigenvalue weighted by Crippen LogP contribution is 2.30. The fourth-order valence-corrected chi connectivity index (χ4v) is 2.39. The number of hydrogen-bond donors (Lipinski definition) is 2. The topological polar surface area (TPSA) is 71.1 Å². The Morgan fingerprint density at radius 2 is 1.96 bits per heavy atom. The molecule has 1 aromatic heterocycles. The second kappa shape index (κ2) is 6.38. The van der Waals surface area contributed by atoms with Crippen LogP contribution in [0.3, 0.4) is 0 Å². The molecule has 1 heterocycles. The van der Waals surface area contributed by atoms with Crippen LogP contribution in [0, 0.1) is 12.8 Å². The lowest BCUT2D eigenvalue weighted by Gasteiger charge is -2.10. The second-order valence-electron chi connectivity index (χ2n) is 5.58. The third-order valence-electron chi connectivity index (χ3n) is 3.68. The van der Waals surface area contributed by atoms with Crippen LogP contribution in [0.1, 0.15) is 28.8 Å². The van der Waals surface area contributed by atoms with Gasteiger partial charge in [-0.2, -0.15) is 0 Å². The Morgan fingerprint density at radius 1 is 1.22 bits per heavy atom. The molecule has 0 saturated heterocycles. The number of anilines is 2. The van der Waals surface area contributed by atoms with Gasteiger partial charge in [0.25, 0.3) is 5.91 Å². The van der Waals surface area contributed by atoms with Crippen molar-refractivity contribution in [2.45, 2.75) is 19.8 Å². The average molecular weight is 330 g/mol. The van der Waals surface area contributed by atoms with Crippen LogP contribution >= 0.6 is 11.6 Å². The average Bonchev–Trinajstić information content (AvgIpc) is 3.35. The van der Waals surface area contributed by atoms with Gasteiger partial charge in [-0.3, -0.25) is 9.59 Å². The van der Waals surface area contributed by atoms with Gasteiger partial charge in [0.1, 0.15) is 5.82 Å². The lowest BCUT2D eigenvalue weighted by molar-refractivity contribution is -0.117. The van der Waals surface area contributed by atoms with Gasteiger partial charge in [-0.05, 0) is 43.5 Å². The predicted molar refractivity (Wildman–Crippen MR) is 89.7 cm³/mol. The van der Waals surface area contributed by atoms with E-state index in [1.165, 1.54) is 0 Å². The zero-order chi connectivity index (χ0) is 16.4. The molecule has 1 aliphatic rings. The van der Waals surface area contributed by atoms with E-state index < -0.39 is 0 Å². The van der Waals surface area contributed by atoms with Gasteiger partial charge < -0.3 is 10.6 Å². The number of aromatic nitrogens is 1. The molecule has 5 nitrogen and oxygen atoms in total. The van der Waals surface area contributed by atoms with Crippen LogP contribution in [0.2, 0.25) is 5.02 Å². The maximum Gasteiger partial charge on any atom is 0.258 e. The monoisotopic (exact) mass is 329 g/mol. The van der Waals surface area contributed by atoms with Crippen LogP contribution in [-0.4, -0.2) is 16.8 Å². The van der Waals surface area contributed by atoms with E-state index in [4.69, 9.17) is 11.6 Å². The minimum absolute atomic E-state index is 0.0303. The molecule has 3 rings (SSSR count). The molecule has 0 bridgehead atoms. The fraction of sp³-hybridized carbons (Fsp3) is 0.235. The van der Waals surface area contributed by atoms with Gasteiger partial charge in [0.05, 0.1) is 22.5 Å². The number of hydrogen-bond acceptors (Lipinski definition) is 3. The van der Waals surface area contributed by atoms with Gasteiger partial charge in [-0.25, -0.2) is 4.98 Å². The summed E-state index contributed by atoms with van der Waals surface area (Å²) < 4.78 is 0. The molecule has 1 saturated carbocycles. The summed E-state index contributed by atoms with van der Waals surface area (Å²) in [5, 5.41) is 5.95. The molecule has 2 N–H and O–H groups in total. The van der Waals surface area contributed by atoms with Crippen LogP contribution in [0.5, 0.6) is 0 Å². The van der Waals surface area contributed by atoms with Crippen LogP contribution in [-0.2, 0) is 4.79 Å².